The molecule has 0 amide bonds. The SMILES string of the molecule is O=C(O)c1ccc(/C2=c3\cc/c([nH]3)=C(\c3ccc(C(=O)O)cc3)C3=N/C(=C(/c4ccc(CCCO)cc4)C4CC=C(N4)/C(c4cc[c-]cc4)=C4/C=CC2=N4)C=C3)cc1.[CH2-]C.[Co+2]. The average molecular weight is 850 g/mol. The molecule has 0 saturated heterocycles. The number of carboxylic acid groups (broad SMARTS) is 2. The van der Waals surface area contributed by atoms with Crippen LogP contribution in [0.15, 0.2) is 167 Å². The first kappa shape index (κ1) is 42.3. The minimum absolute atomic E-state index is 0. The van der Waals surface area contributed by atoms with Gasteiger partial charge in [-0.1, -0.05) is 54.6 Å². The molecule has 61 heavy (non-hydrogen) atoms. The quantitative estimate of drug-likeness (QED) is 0.0973. The molecule has 305 valence electrons. The number of allylic oxidation sites excluding steroid dienone is 5. The number of fused-ring (bicyclic) bond motifs is 6. The Morgan fingerprint density at radius 2 is 1.18 bits per heavy atom. The third-order valence-electron chi connectivity index (χ3n) is 10.8. The van der Waals surface area contributed by atoms with Crippen LogP contribution in [0.2, 0.25) is 0 Å². The molecule has 1 aromatic heterocycles. The van der Waals surface area contributed by atoms with Crippen molar-refractivity contribution in [3.8, 4) is 0 Å². The van der Waals surface area contributed by atoms with Crippen molar-refractivity contribution in [1.29, 1.82) is 0 Å². The van der Waals surface area contributed by atoms with Gasteiger partial charge in [0.2, 0.25) is 0 Å². The Labute approximate surface area is 364 Å². The van der Waals surface area contributed by atoms with Crippen LogP contribution in [0, 0.1) is 13.0 Å². The van der Waals surface area contributed by atoms with E-state index in [1.807, 2.05) is 60.7 Å². The number of hydrogen-bond donors (Lipinski definition) is 5. The van der Waals surface area contributed by atoms with Crippen LogP contribution in [0.25, 0.3) is 22.3 Å². The van der Waals surface area contributed by atoms with Crippen molar-refractivity contribution in [3.63, 3.8) is 0 Å². The van der Waals surface area contributed by atoms with Gasteiger partial charge in [0.25, 0.3) is 0 Å². The molecule has 1 radical (unpaired) electrons. The van der Waals surface area contributed by atoms with E-state index in [9.17, 15) is 24.9 Å². The monoisotopic (exact) mass is 849 g/mol. The summed E-state index contributed by atoms with van der Waals surface area (Å²) in [5.41, 5.74) is 12.5. The van der Waals surface area contributed by atoms with Gasteiger partial charge in [-0.15, -0.1) is 5.56 Å². The fraction of sp³-hybridized carbons (Fsp3) is 0.118. The number of benzene rings is 4. The van der Waals surface area contributed by atoms with E-state index in [1.54, 1.807) is 55.5 Å². The molecule has 1 unspecified atom stereocenters. The topological polar surface area (TPSA) is 147 Å². The minimum Gasteiger partial charge on any atom is -0.478 e. The van der Waals surface area contributed by atoms with Gasteiger partial charge in [0.15, 0.2) is 0 Å². The van der Waals surface area contributed by atoms with E-state index in [0.717, 1.165) is 84.3 Å². The number of aliphatic imine (C=N–C) groups is 2. The number of nitrogens with zero attached hydrogens (tertiary/aromatic N) is 2. The van der Waals surface area contributed by atoms with E-state index >= 15 is 0 Å². The molecule has 4 aromatic carbocycles. The zero-order valence-electron chi connectivity index (χ0n) is 33.3. The fourth-order valence-electron chi connectivity index (χ4n) is 7.98. The largest absolute Gasteiger partial charge is 2.00 e. The summed E-state index contributed by atoms with van der Waals surface area (Å²) >= 11 is 0. The molecular formula is C51H42CoN4O5. The Morgan fingerprint density at radius 3 is 1.72 bits per heavy atom. The van der Waals surface area contributed by atoms with Gasteiger partial charge in [-0.05, 0) is 102 Å². The fourth-order valence-corrected chi connectivity index (χ4v) is 7.98. The molecule has 10 heteroatoms. The summed E-state index contributed by atoms with van der Waals surface area (Å²) in [6.45, 7) is 5.14. The molecule has 9 rings (SSSR count). The maximum absolute atomic E-state index is 11.9. The van der Waals surface area contributed by atoms with Crippen LogP contribution in [0.5, 0.6) is 0 Å². The van der Waals surface area contributed by atoms with Crippen LogP contribution >= 0.6 is 0 Å². The number of aliphatic hydroxyl groups is 1. The Kier molecular flexibility index (Phi) is 12.9. The predicted molar refractivity (Wildman–Crippen MR) is 237 cm³/mol. The summed E-state index contributed by atoms with van der Waals surface area (Å²) in [4.78, 5) is 38.0. The van der Waals surface area contributed by atoms with Crippen LogP contribution in [0.1, 0.15) is 68.3 Å². The molecule has 1 atom stereocenters. The normalized spacial score (nSPS) is 20.4. The maximum atomic E-state index is 11.9. The first-order valence-corrected chi connectivity index (χ1v) is 19.8. The van der Waals surface area contributed by atoms with Crippen LogP contribution in [0.4, 0.5) is 0 Å². The Morgan fingerprint density at radius 1 is 0.672 bits per heavy atom. The van der Waals surface area contributed by atoms with Gasteiger partial charge in [-0.2, -0.15) is 37.3 Å². The Balaban J connectivity index is 0.00000184. The molecule has 0 fully saturated rings. The summed E-state index contributed by atoms with van der Waals surface area (Å²) in [5.74, 6) is -2.02. The second-order valence-electron chi connectivity index (χ2n) is 14.4. The van der Waals surface area contributed by atoms with Crippen LogP contribution in [0.3, 0.4) is 0 Å². The van der Waals surface area contributed by atoms with Crippen LogP contribution in [-0.2, 0) is 23.2 Å². The van der Waals surface area contributed by atoms with E-state index in [4.69, 9.17) is 9.98 Å². The summed E-state index contributed by atoms with van der Waals surface area (Å²) in [5, 5.41) is 34.2. The summed E-state index contributed by atoms with van der Waals surface area (Å²) < 4.78 is 0. The number of aryl methyl sites for hydroxylation is 1. The van der Waals surface area contributed by atoms with E-state index in [1.165, 1.54) is 0 Å². The molecule has 4 aliphatic heterocycles. The van der Waals surface area contributed by atoms with Crippen molar-refractivity contribution in [2.45, 2.75) is 32.2 Å². The second-order valence-corrected chi connectivity index (χ2v) is 14.4. The van der Waals surface area contributed by atoms with Crippen molar-refractivity contribution in [1.82, 2.24) is 10.3 Å². The Hall–Kier alpha value is -6.85. The molecule has 0 aliphatic carbocycles. The number of H-pyrrole nitrogens is 1. The molecule has 0 saturated carbocycles. The Bertz CT molecular complexity index is 2840. The van der Waals surface area contributed by atoms with E-state index in [0.29, 0.717) is 24.3 Å². The molecule has 5 heterocycles. The molecule has 8 bridgehead atoms. The number of carbonyl (C=O) groups is 2. The number of hydrogen-bond acceptors (Lipinski definition) is 6. The molecule has 0 spiro atoms. The molecule has 5 aromatic rings. The first-order valence-electron chi connectivity index (χ1n) is 19.8. The third kappa shape index (κ3) is 8.60. The summed E-state index contributed by atoms with van der Waals surface area (Å²) in [6, 6.07) is 36.9. The first-order chi connectivity index (χ1) is 29.3. The van der Waals surface area contributed by atoms with Crippen molar-refractivity contribution >= 4 is 45.7 Å². The van der Waals surface area contributed by atoms with Gasteiger partial charge in [0.1, 0.15) is 0 Å². The standard InChI is InChI=1S/C49H37N4O5.C2H5.Co/c54-28-4-5-29-8-10-31(11-9-29)45-38-22-20-36(50-38)44(30-6-2-1-3-7-30)37-21-23-40(51-37)46(32-12-16-34(17-13-32)48(55)56)42-26-27-43(53-42)47(41-25-24-39(45)52-41)33-14-18-35(19-15-33)49(57)58;1-2;/h2-3,6-21,23-27,38,50,53-54H,4-5,22,28H2,(H,55,56)(H,57,58);1H2,2H3;/q2*-1;+2/b44-37-,45-39-,46-42-,47-43-;;. The van der Waals surface area contributed by atoms with Gasteiger partial charge in [0.05, 0.1) is 40.0 Å². The smallest absolute Gasteiger partial charge is 0.478 e. The molecule has 4 aliphatic rings. The van der Waals surface area contributed by atoms with Gasteiger partial charge in [-0.3, -0.25) is 0 Å². The predicted octanol–water partition coefficient (Wildman–Crippen LogP) is 7.48. The molecule has 5 N–H and O–H groups in total. The zero-order valence-corrected chi connectivity index (χ0v) is 34.3. The molecule has 9 nitrogen and oxygen atoms in total. The minimum atomic E-state index is -1.01. The van der Waals surface area contributed by atoms with Crippen LogP contribution in [-0.4, -0.2) is 56.3 Å². The van der Waals surface area contributed by atoms with E-state index in [-0.39, 0.29) is 40.6 Å². The van der Waals surface area contributed by atoms with E-state index in [2.05, 4.69) is 53.6 Å². The second kappa shape index (κ2) is 18.6. The number of nitrogens with one attached hydrogen (secondary N) is 2. The van der Waals surface area contributed by atoms with Crippen LogP contribution < -0.4 is 16.0 Å². The summed E-state index contributed by atoms with van der Waals surface area (Å²) in [6.07, 6.45) is 12.4. The third-order valence-corrected chi connectivity index (χ3v) is 10.8. The van der Waals surface area contributed by atoms with Crippen molar-refractivity contribution < 1.29 is 41.7 Å². The number of aromatic amines is 1. The zero-order chi connectivity index (χ0) is 41.8. The molecular weight excluding hydrogens is 808 g/mol. The van der Waals surface area contributed by atoms with Gasteiger partial charge in [0, 0.05) is 45.3 Å². The van der Waals surface area contributed by atoms with Gasteiger partial charge < -0.3 is 32.5 Å². The number of aromatic carboxylic acids is 2. The van der Waals surface area contributed by atoms with Crippen molar-refractivity contribution in [3.05, 3.63) is 219 Å². The van der Waals surface area contributed by atoms with Crippen molar-refractivity contribution in [2.75, 3.05) is 6.61 Å². The average Bonchev–Trinajstić information content (AvgIpc) is 4.13. The van der Waals surface area contributed by atoms with Gasteiger partial charge in [-0.25, -0.2) is 19.6 Å². The number of aromatic nitrogens is 1. The number of carboxylic acids is 2. The van der Waals surface area contributed by atoms with E-state index < -0.39 is 11.9 Å². The van der Waals surface area contributed by atoms with Crippen molar-refractivity contribution in [2.24, 2.45) is 9.98 Å². The van der Waals surface area contributed by atoms with Gasteiger partial charge >= 0.3 is 28.7 Å². The number of aliphatic hydroxyl groups excluding tert-OH is 1. The number of rotatable bonds is 9. The maximum Gasteiger partial charge on any atom is 2.00 e. The summed E-state index contributed by atoms with van der Waals surface area (Å²) in [7, 11) is 0.